The molecule has 0 aliphatic heterocycles. The smallest absolute Gasteiger partial charge is 0.243 e. The maximum atomic E-state index is 13.5. The fourth-order valence-corrected chi connectivity index (χ4v) is 5.11. The van der Waals surface area contributed by atoms with Gasteiger partial charge in [0.1, 0.15) is 6.04 Å². The molecule has 0 radical (unpaired) electrons. The Labute approximate surface area is 227 Å². The van der Waals surface area contributed by atoms with Gasteiger partial charge >= 0.3 is 0 Å². The summed E-state index contributed by atoms with van der Waals surface area (Å²) in [6.07, 6.45) is 2.84. The van der Waals surface area contributed by atoms with Gasteiger partial charge in [0.2, 0.25) is 21.8 Å². The lowest BCUT2D eigenvalue weighted by molar-refractivity contribution is -0.141. The van der Waals surface area contributed by atoms with E-state index in [9.17, 15) is 18.0 Å². The first-order chi connectivity index (χ1) is 17.4. The van der Waals surface area contributed by atoms with Crippen LogP contribution < -0.4 is 9.62 Å². The molecule has 0 unspecified atom stereocenters. The molecule has 0 bridgehead atoms. The zero-order valence-corrected chi connectivity index (χ0v) is 24.3. The number of hydrogen-bond acceptors (Lipinski definition) is 4. The van der Waals surface area contributed by atoms with Crippen molar-refractivity contribution in [2.75, 3.05) is 17.1 Å². The molecule has 9 heteroatoms. The predicted octanol–water partition coefficient (Wildman–Crippen LogP) is 5.23. The molecule has 2 aromatic rings. The van der Waals surface area contributed by atoms with Gasteiger partial charge in [-0.25, -0.2) is 8.42 Å². The van der Waals surface area contributed by atoms with E-state index in [0.717, 1.165) is 23.1 Å². The van der Waals surface area contributed by atoms with Crippen LogP contribution in [0.1, 0.15) is 63.1 Å². The van der Waals surface area contributed by atoms with Crippen LogP contribution in [0.3, 0.4) is 0 Å². The molecular formula is C28H40ClN3O4S. The standard InChI is InChI=1S/C28H40ClN3O4S/c1-7-22(5)30-28(34)26(8-2)31(19-23-12-14-24(29)15-13-23)27(33)10-9-17-32(37(6,35)36)25-16-11-20(3)21(4)18-25/h11-16,18,22,26H,7-10,17,19H2,1-6H3,(H,30,34)/t22-,26+/m1/s1. The van der Waals surface area contributed by atoms with E-state index in [4.69, 9.17) is 11.6 Å². The van der Waals surface area contributed by atoms with Crippen LogP contribution in [0.2, 0.25) is 5.02 Å². The normalized spacial score (nSPS) is 13.1. The van der Waals surface area contributed by atoms with E-state index in [2.05, 4.69) is 5.32 Å². The second-order valence-electron chi connectivity index (χ2n) is 9.60. The van der Waals surface area contributed by atoms with Gasteiger partial charge in [0, 0.05) is 30.6 Å². The van der Waals surface area contributed by atoms with E-state index in [-0.39, 0.29) is 37.4 Å². The van der Waals surface area contributed by atoms with Gasteiger partial charge in [-0.2, -0.15) is 0 Å². The van der Waals surface area contributed by atoms with Crippen molar-refractivity contribution in [3.05, 3.63) is 64.2 Å². The number of sulfonamides is 1. The highest BCUT2D eigenvalue weighted by Gasteiger charge is 2.29. The Kier molecular flexibility index (Phi) is 11.4. The van der Waals surface area contributed by atoms with Crippen LogP contribution in [0.25, 0.3) is 0 Å². The Morgan fingerprint density at radius 2 is 1.65 bits per heavy atom. The molecular weight excluding hydrogens is 510 g/mol. The predicted molar refractivity (Wildman–Crippen MR) is 151 cm³/mol. The van der Waals surface area contributed by atoms with Crippen LogP contribution >= 0.6 is 11.6 Å². The minimum absolute atomic E-state index is 0.00433. The van der Waals surface area contributed by atoms with Gasteiger partial charge in [-0.05, 0) is 81.0 Å². The molecule has 0 saturated carbocycles. The number of carbonyl (C=O) groups excluding carboxylic acids is 2. The first-order valence-electron chi connectivity index (χ1n) is 12.8. The number of carbonyl (C=O) groups is 2. The van der Waals surface area contributed by atoms with Crippen molar-refractivity contribution >= 4 is 39.1 Å². The van der Waals surface area contributed by atoms with E-state index in [1.165, 1.54) is 10.6 Å². The Hall–Kier alpha value is -2.58. The topological polar surface area (TPSA) is 86.8 Å². The first-order valence-corrected chi connectivity index (χ1v) is 15.0. The highest BCUT2D eigenvalue weighted by molar-refractivity contribution is 7.92. The maximum absolute atomic E-state index is 13.5. The van der Waals surface area contributed by atoms with Gasteiger partial charge < -0.3 is 10.2 Å². The zero-order chi connectivity index (χ0) is 27.8. The molecule has 0 aromatic heterocycles. The van der Waals surface area contributed by atoms with Crippen molar-refractivity contribution in [3.63, 3.8) is 0 Å². The quantitative estimate of drug-likeness (QED) is 0.371. The van der Waals surface area contributed by atoms with Gasteiger partial charge in [0.25, 0.3) is 0 Å². The number of hydrogen-bond donors (Lipinski definition) is 1. The van der Waals surface area contributed by atoms with Crippen LogP contribution in [0.4, 0.5) is 5.69 Å². The first kappa shape index (κ1) is 30.6. The lowest BCUT2D eigenvalue weighted by atomic mass is 10.1. The summed E-state index contributed by atoms with van der Waals surface area (Å²) in [6.45, 7) is 10.1. The number of anilines is 1. The molecule has 7 nitrogen and oxygen atoms in total. The molecule has 2 aromatic carbocycles. The van der Waals surface area contributed by atoms with Crippen molar-refractivity contribution < 1.29 is 18.0 Å². The molecule has 2 amide bonds. The molecule has 0 spiro atoms. The number of amides is 2. The van der Waals surface area contributed by atoms with Gasteiger partial charge in [-0.3, -0.25) is 13.9 Å². The Balaban J connectivity index is 2.23. The number of nitrogens with one attached hydrogen (secondary N) is 1. The largest absolute Gasteiger partial charge is 0.352 e. The molecule has 37 heavy (non-hydrogen) atoms. The number of rotatable bonds is 13. The van der Waals surface area contributed by atoms with Crippen LogP contribution in [-0.4, -0.2) is 50.0 Å². The number of benzene rings is 2. The molecule has 0 fully saturated rings. The molecule has 1 N–H and O–H groups in total. The summed E-state index contributed by atoms with van der Waals surface area (Å²) in [4.78, 5) is 28.2. The summed E-state index contributed by atoms with van der Waals surface area (Å²) in [6, 6.07) is 12.1. The lowest BCUT2D eigenvalue weighted by Crippen LogP contribution is -2.50. The number of nitrogens with zero attached hydrogens (tertiary/aromatic N) is 2. The zero-order valence-electron chi connectivity index (χ0n) is 22.8. The van der Waals surface area contributed by atoms with E-state index < -0.39 is 16.1 Å². The third-order valence-corrected chi connectivity index (χ3v) is 8.03. The Bertz CT molecular complexity index is 1170. The Morgan fingerprint density at radius 1 is 1.00 bits per heavy atom. The molecule has 0 aliphatic rings. The van der Waals surface area contributed by atoms with E-state index in [1.807, 2.05) is 58.9 Å². The molecule has 0 aliphatic carbocycles. The van der Waals surface area contributed by atoms with Gasteiger partial charge in [0.05, 0.1) is 11.9 Å². The second-order valence-corrected chi connectivity index (χ2v) is 11.9. The van der Waals surface area contributed by atoms with E-state index in [0.29, 0.717) is 23.6 Å². The van der Waals surface area contributed by atoms with Gasteiger partial charge in [-0.15, -0.1) is 0 Å². The van der Waals surface area contributed by atoms with Crippen LogP contribution in [0.5, 0.6) is 0 Å². The molecule has 0 saturated heterocycles. The summed E-state index contributed by atoms with van der Waals surface area (Å²) >= 11 is 6.03. The fourth-order valence-electron chi connectivity index (χ4n) is 4.03. The van der Waals surface area contributed by atoms with Crippen molar-refractivity contribution in [1.29, 1.82) is 0 Å². The van der Waals surface area contributed by atoms with E-state index in [1.54, 1.807) is 23.1 Å². The van der Waals surface area contributed by atoms with Gasteiger partial charge in [0.15, 0.2) is 0 Å². The molecule has 204 valence electrons. The summed E-state index contributed by atoms with van der Waals surface area (Å²) in [5, 5.41) is 3.59. The molecule has 0 heterocycles. The summed E-state index contributed by atoms with van der Waals surface area (Å²) in [5.41, 5.74) is 3.51. The second kappa shape index (κ2) is 13.8. The number of aryl methyl sites for hydroxylation is 2. The van der Waals surface area contributed by atoms with Crippen molar-refractivity contribution in [1.82, 2.24) is 10.2 Å². The summed E-state index contributed by atoms with van der Waals surface area (Å²) in [7, 11) is -3.54. The average molecular weight is 550 g/mol. The maximum Gasteiger partial charge on any atom is 0.243 e. The summed E-state index contributed by atoms with van der Waals surface area (Å²) < 4.78 is 26.4. The fraction of sp³-hybridized carbons (Fsp3) is 0.500. The van der Waals surface area contributed by atoms with Crippen LogP contribution in [-0.2, 0) is 26.2 Å². The van der Waals surface area contributed by atoms with E-state index >= 15 is 0 Å². The highest BCUT2D eigenvalue weighted by atomic mass is 35.5. The summed E-state index contributed by atoms with van der Waals surface area (Å²) in [5.74, 6) is -0.387. The van der Waals surface area contributed by atoms with Crippen molar-refractivity contribution in [2.45, 2.75) is 78.9 Å². The average Bonchev–Trinajstić information content (AvgIpc) is 2.83. The SMILES string of the molecule is CC[C@@H](C)NC(=O)[C@H](CC)N(Cc1ccc(Cl)cc1)C(=O)CCCN(c1ccc(C)c(C)c1)S(C)(=O)=O. The third kappa shape index (κ3) is 9.04. The molecule has 2 rings (SSSR count). The van der Waals surface area contributed by atoms with Gasteiger partial charge in [-0.1, -0.05) is 43.6 Å². The monoisotopic (exact) mass is 549 g/mol. The van der Waals surface area contributed by atoms with Crippen molar-refractivity contribution in [3.8, 4) is 0 Å². The minimum Gasteiger partial charge on any atom is -0.352 e. The number of halogens is 1. The highest BCUT2D eigenvalue weighted by Crippen LogP contribution is 2.23. The molecule has 2 atom stereocenters. The van der Waals surface area contributed by atoms with Crippen LogP contribution in [0.15, 0.2) is 42.5 Å². The Morgan fingerprint density at radius 3 is 2.19 bits per heavy atom. The lowest BCUT2D eigenvalue weighted by Gasteiger charge is -2.32. The van der Waals surface area contributed by atoms with Crippen molar-refractivity contribution in [2.24, 2.45) is 0 Å². The van der Waals surface area contributed by atoms with Crippen LogP contribution in [0, 0.1) is 13.8 Å². The minimum atomic E-state index is -3.54. The third-order valence-electron chi connectivity index (χ3n) is 6.58.